The van der Waals surface area contributed by atoms with E-state index in [-0.39, 0.29) is 17.5 Å². The van der Waals surface area contributed by atoms with Crippen LogP contribution in [0.5, 0.6) is 0 Å². The molecule has 0 aliphatic carbocycles. The Morgan fingerprint density at radius 3 is 2.50 bits per heavy atom. The molecule has 1 aliphatic heterocycles. The number of rotatable bonds is 6. The van der Waals surface area contributed by atoms with Crippen molar-refractivity contribution < 1.29 is 8.42 Å². The van der Waals surface area contributed by atoms with E-state index in [1.807, 2.05) is 32.0 Å². The van der Waals surface area contributed by atoms with Crippen LogP contribution >= 0.6 is 0 Å². The lowest BCUT2D eigenvalue weighted by atomic mass is 10.1. The van der Waals surface area contributed by atoms with Crippen LogP contribution in [0.15, 0.2) is 30.3 Å². The van der Waals surface area contributed by atoms with Crippen LogP contribution in [-0.4, -0.2) is 42.5 Å². The summed E-state index contributed by atoms with van der Waals surface area (Å²) >= 11 is 0. The van der Waals surface area contributed by atoms with Crippen LogP contribution < -0.4 is 10.2 Å². The molecule has 0 saturated carbocycles. The molecule has 1 fully saturated rings. The number of nitrogens with zero attached hydrogens (tertiary/aromatic N) is 3. The molecule has 2 heterocycles. The van der Waals surface area contributed by atoms with Gasteiger partial charge in [0.15, 0.2) is 9.84 Å². The number of nitrogens with one attached hydrogen (secondary N) is 1. The monoisotopic (exact) mass is 374 g/mol. The first-order chi connectivity index (χ1) is 12.4. The molecule has 0 amide bonds. The predicted molar refractivity (Wildman–Crippen MR) is 106 cm³/mol. The van der Waals surface area contributed by atoms with Gasteiger partial charge in [-0.2, -0.15) is 4.98 Å². The van der Waals surface area contributed by atoms with Gasteiger partial charge in [-0.3, -0.25) is 0 Å². The van der Waals surface area contributed by atoms with Gasteiger partial charge in [-0.05, 0) is 44.4 Å². The topological polar surface area (TPSA) is 75.2 Å². The van der Waals surface area contributed by atoms with Gasteiger partial charge in [-0.1, -0.05) is 19.1 Å². The molecule has 1 N–H and O–H groups in total. The van der Waals surface area contributed by atoms with Gasteiger partial charge in [0.2, 0.25) is 5.95 Å². The minimum Gasteiger partial charge on any atom is -0.353 e. The predicted octanol–water partition coefficient (Wildman–Crippen LogP) is 3.10. The van der Waals surface area contributed by atoms with Gasteiger partial charge in [0.1, 0.15) is 5.82 Å². The van der Waals surface area contributed by atoms with Crippen LogP contribution in [0.3, 0.4) is 0 Å². The summed E-state index contributed by atoms with van der Waals surface area (Å²) in [5.74, 6) is 1.76. The molecule has 140 valence electrons. The number of anilines is 3. The van der Waals surface area contributed by atoms with Crippen molar-refractivity contribution in [3.8, 4) is 0 Å². The highest BCUT2D eigenvalue weighted by Gasteiger charge is 2.32. The molecule has 7 heteroatoms. The Bertz CT molecular complexity index is 866. The van der Waals surface area contributed by atoms with Gasteiger partial charge in [0.05, 0.1) is 11.5 Å². The Hall–Kier alpha value is -2.15. The summed E-state index contributed by atoms with van der Waals surface area (Å²) in [6, 6.07) is 10.1. The van der Waals surface area contributed by atoms with Crippen molar-refractivity contribution in [2.24, 2.45) is 0 Å². The Labute approximate surface area is 155 Å². The van der Waals surface area contributed by atoms with E-state index < -0.39 is 9.84 Å². The van der Waals surface area contributed by atoms with E-state index in [4.69, 9.17) is 0 Å². The summed E-state index contributed by atoms with van der Waals surface area (Å²) in [5, 5.41) is 3.26. The Kier molecular flexibility index (Phi) is 5.46. The lowest BCUT2D eigenvalue weighted by Gasteiger charge is -2.28. The van der Waals surface area contributed by atoms with Crippen LogP contribution in [0.4, 0.5) is 17.5 Å². The third-order valence-corrected chi connectivity index (χ3v) is 6.49. The second-order valence-corrected chi connectivity index (χ2v) is 8.94. The van der Waals surface area contributed by atoms with E-state index in [9.17, 15) is 8.42 Å². The highest BCUT2D eigenvalue weighted by Crippen LogP contribution is 2.25. The third kappa shape index (κ3) is 4.33. The van der Waals surface area contributed by atoms with Gasteiger partial charge >= 0.3 is 0 Å². The van der Waals surface area contributed by atoms with E-state index in [1.165, 1.54) is 5.56 Å². The molecule has 1 aromatic carbocycles. The third-order valence-electron chi connectivity index (χ3n) is 4.74. The van der Waals surface area contributed by atoms with Crippen molar-refractivity contribution >= 4 is 27.3 Å². The molecule has 1 atom stereocenters. The number of sulfone groups is 1. The van der Waals surface area contributed by atoms with E-state index >= 15 is 0 Å². The maximum absolute atomic E-state index is 11.8. The second kappa shape index (κ2) is 7.61. The molecule has 1 unspecified atom stereocenters. The zero-order chi connectivity index (χ0) is 18.7. The van der Waals surface area contributed by atoms with Gasteiger partial charge in [-0.25, -0.2) is 13.4 Å². The van der Waals surface area contributed by atoms with Gasteiger partial charge in [0.25, 0.3) is 0 Å². The first-order valence-corrected chi connectivity index (χ1v) is 10.9. The van der Waals surface area contributed by atoms with Crippen LogP contribution in [0, 0.1) is 6.92 Å². The average Bonchev–Trinajstić information content (AvgIpc) is 2.95. The summed E-state index contributed by atoms with van der Waals surface area (Å²) in [4.78, 5) is 11.2. The van der Waals surface area contributed by atoms with Gasteiger partial charge in [-0.15, -0.1) is 0 Å². The maximum atomic E-state index is 11.8. The van der Waals surface area contributed by atoms with Crippen molar-refractivity contribution in [2.75, 3.05) is 28.3 Å². The number of hydrogen-bond donors (Lipinski definition) is 1. The molecular weight excluding hydrogens is 348 g/mol. The second-order valence-electron chi connectivity index (χ2n) is 6.71. The molecule has 0 spiro atoms. The smallest absolute Gasteiger partial charge is 0.229 e. The standard InChI is InChI=1S/C19H26N4O2S/c1-4-15-6-8-16(9-7-15)21-19-20-14(3)12-18(22-19)23(5-2)17-10-11-26(24,25)13-17/h6-9,12,17H,4-5,10-11,13H2,1-3H3,(H,20,21,22). The minimum atomic E-state index is -2.93. The van der Waals surface area contributed by atoms with Crippen molar-refractivity contribution in [3.05, 3.63) is 41.6 Å². The average molecular weight is 375 g/mol. The summed E-state index contributed by atoms with van der Waals surface area (Å²) < 4.78 is 23.7. The lowest BCUT2D eigenvalue weighted by molar-refractivity contribution is 0.599. The molecule has 1 aromatic heterocycles. The molecule has 1 aliphatic rings. The fourth-order valence-electron chi connectivity index (χ4n) is 3.34. The summed E-state index contributed by atoms with van der Waals surface area (Å²) in [7, 11) is -2.93. The Morgan fingerprint density at radius 2 is 1.92 bits per heavy atom. The molecule has 0 radical (unpaired) electrons. The number of hydrogen-bond acceptors (Lipinski definition) is 6. The first-order valence-electron chi connectivity index (χ1n) is 9.09. The molecule has 0 bridgehead atoms. The van der Waals surface area contributed by atoms with Crippen molar-refractivity contribution in [1.82, 2.24) is 9.97 Å². The maximum Gasteiger partial charge on any atom is 0.229 e. The fourth-order valence-corrected chi connectivity index (χ4v) is 5.07. The SMILES string of the molecule is CCc1ccc(Nc2nc(C)cc(N(CC)C3CCS(=O)(=O)C3)n2)cc1. The van der Waals surface area contributed by atoms with Gasteiger partial charge in [0, 0.05) is 30.0 Å². The van der Waals surface area contributed by atoms with Crippen molar-refractivity contribution in [2.45, 2.75) is 39.7 Å². The number of aromatic nitrogens is 2. The van der Waals surface area contributed by atoms with Crippen LogP contribution in [0.25, 0.3) is 0 Å². The quantitative estimate of drug-likeness (QED) is 0.837. The normalized spacial score (nSPS) is 18.7. The van der Waals surface area contributed by atoms with Crippen LogP contribution in [0.2, 0.25) is 0 Å². The van der Waals surface area contributed by atoms with Gasteiger partial charge < -0.3 is 10.2 Å². The summed E-state index contributed by atoms with van der Waals surface area (Å²) in [5.41, 5.74) is 3.06. The van der Waals surface area contributed by atoms with Crippen molar-refractivity contribution in [3.63, 3.8) is 0 Å². The van der Waals surface area contributed by atoms with E-state index in [0.29, 0.717) is 18.9 Å². The molecule has 6 nitrogen and oxygen atoms in total. The number of benzene rings is 1. The largest absolute Gasteiger partial charge is 0.353 e. The van der Waals surface area contributed by atoms with Crippen LogP contribution in [-0.2, 0) is 16.3 Å². The lowest BCUT2D eigenvalue weighted by Crippen LogP contribution is -2.36. The number of aryl methyl sites for hydroxylation is 2. The molecule has 2 aromatic rings. The Morgan fingerprint density at radius 1 is 1.19 bits per heavy atom. The molecule has 3 rings (SSSR count). The zero-order valence-electron chi connectivity index (χ0n) is 15.6. The van der Waals surface area contributed by atoms with Crippen LogP contribution in [0.1, 0.15) is 31.5 Å². The highest BCUT2D eigenvalue weighted by atomic mass is 32.2. The van der Waals surface area contributed by atoms with E-state index in [1.54, 1.807) is 0 Å². The van der Waals surface area contributed by atoms with E-state index in [2.05, 4.69) is 39.2 Å². The molecule has 1 saturated heterocycles. The summed E-state index contributed by atoms with van der Waals surface area (Å²) in [6.07, 6.45) is 1.65. The van der Waals surface area contributed by atoms with Crippen molar-refractivity contribution in [1.29, 1.82) is 0 Å². The first kappa shape index (κ1) is 18.6. The van der Waals surface area contributed by atoms with E-state index in [0.717, 1.165) is 23.6 Å². The molecule has 26 heavy (non-hydrogen) atoms. The summed E-state index contributed by atoms with van der Waals surface area (Å²) in [6.45, 7) is 6.79. The highest BCUT2D eigenvalue weighted by molar-refractivity contribution is 7.91. The minimum absolute atomic E-state index is 0.0176. The zero-order valence-corrected chi connectivity index (χ0v) is 16.4. The molecular formula is C19H26N4O2S. The fraction of sp³-hybridized carbons (Fsp3) is 0.474. The Balaban J connectivity index is 1.84.